The molecule has 0 fully saturated rings. The molecule has 12 rings (SSSR count). The molecule has 0 aliphatic heterocycles. The van der Waals surface area contributed by atoms with Crippen LogP contribution in [0.5, 0.6) is 0 Å². The van der Waals surface area contributed by atoms with Crippen molar-refractivity contribution in [2.45, 2.75) is 19.3 Å². The van der Waals surface area contributed by atoms with E-state index in [9.17, 15) is 0 Å². The summed E-state index contributed by atoms with van der Waals surface area (Å²) < 4.78 is 0. The van der Waals surface area contributed by atoms with E-state index in [4.69, 9.17) is 0 Å². The third kappa shape index (κ3) is 4.62. The van der Waals surface area contributed by atoms with Gasteiger partial charge in [0.25, 0.3) is 0 Å². The normalized spacial score (nSPS) is 13.2. The fourth-order valence-electron chi connectivity index (χ4n) is 10.3. The first-order valence-electron chi connectivity index (χ1n) is 20.1. The zero-order valence-electron chi connectivity index (χ0n) is 32.0. The maximum absolute atomic E-state index is 2.42. The summed E-state index contributed by atoms with van der Waals surface area (Å²) in [6.45, 7) is 4.71. The highest BCUT2D eigenvalue weighted by Crippen LogP contribution is 2.58. The molecule has 2 aliphatic rings. The van der Waals surface area contributed by atoms with Gasteiger partial charge in [-0.15, -0.1) is 0 Å². The fourth-order valence-corrected chi connectivity index (χ4v) is 10.3. The van der Waals surface area contributed by atoms with E-state index in [1.165, 1.54) is 121 Å². The molecule has 266 valence electrons. The third-order valence-electron chi connectivity index (χ3n) is 13.0. The van der Waals surface area contributed by atoms with Crippen molar-refractivity contribution in [1.82, 2.24) is 0 Å². The van der Waals surface area contributed by atoms with Crippen LogP contribution in [0, 0.1) is 0 Å². The number of benzene rings is 10. The molecular formula is C57H38. The van der Waals surface area contributed by atoms with E-state index >= 15 is 0 Å². The van der Waals surface area contributed by atoms with Crippen molar-refractivity contribution in [3.05, 3.63) is 205 Å². The summed E-state index contributed by atoms with van der Waals surface area (Å²) in [5, 5.41) is 7.71. The van der Waals surface area contributed by atoms with Crippen LogP contribution in [-0.2, 0) is 5.41 Å². The van der Waals surface area contributed by atoms with Crippen LogP contribution in [0.1, 0.15) is 25.0 Å². The van der Waals surface area contributed by atoms with Crippen LogP contribution < -0.4 is 0 Å². The predicted octanol–water partition coefficient (Wildman–Crippen LogP) is 15.8. The van der Waals surface area contributed by atoms with Crippen molar-refractivity contribution in [2.24, 2.45) is 0 Å². The fraction of sp³-hybridized carbons (Fsp3) is 0.0526. The molecule has 0 saturated heterocycles. The lowest BCUT2D eigenvalue weighted by Crippen LogP contribution is -2.14. The molecule has 0 nitrogen and oxygen atoms in total. The van der Waals surface area contributed by atoms with Crippen LogP contribution >= 0.6 is 0 Å². The predicted molar refractivity (Wildman–Crippen MR) is 243 cm³/mol. The van der Waals surface area contributed by atoms with E-state index < -0.39 is 0 Å². The SMILES string of the molecule is CC1(C)c2ccccc2-c2ccc(-c3ccc4cc(-c5ccc6c7c(cccc57)-c5c-6c(-c6ccccc6)c6ccccc6c5-c5ccccc5)ccc4c3)cc21. The highest BCUT2D eigenvalue weighted by Gasteiger charge is 2.35. The van der Waals surface area contributed by atoms with Gasteiger partial charge in [-0.1, -0.05) is 190 Å². The molecule has 0 amide bonds. The van der Waals surface area contributed by atoms with E-state index in [0.717, 1.165) is 0 Å². The van der Waals surface area contributed by atoms with Crippen LogP contribution in [0.25, 0.3) is 110 Å². The lowest BCUT2D eigenvalue weighted by Gasteiger charge is -2.22. The summed E-state index contributed by atoms with van der Waals surface area (Å²) in [6, 6.07) is 72.5. The summed E-state index contributed by atoms with van der Waals surface area (Å²) in [7, 11) is 0. The van der Waals surface area contributed by atoms with Crippen LogP contribution in [0.2, 0.25) is 0 Å². The minimum Gasteiger partial charge on any atom is -0.0622 e. The Kier molecular flexibility index (Phi) is 6.78. The van der Waals surface area contributed by atoms with Gasteiger partial charge in [0.2, 0.25) is 0 Å². The minimum atomic E-state index is -0.0194. The Morgan fingerprint density at radius 1 is 0.281 bits per heavy atom. The largest absolute Gasteiger partial charge is 0.0622 e. The van der Waals surface area contributed by atoms with Crippen molar-refractivity contribution in [2.75, 3.05) is 0 Å². The van der Waals surface area contributed by atoms with Crippen LogP contribution in [0.3, 0.4) is 0 Å². The first kappa shape index (κ1) is 32.2. The van der Waals surface area contributed by atoms with Gasteiger partial charge in [-0.05, 0) is 140 Å². The minimum absolute atomic E-state index is 0.0194. The van der Waals surface area contributed by atoms with E-state index in [-0.39, 0.29) is 5.41 Å². The average molecular weight is 723 g/mol. The third-order valence-corrected chi connectivity index (χ3v) is 13.0. The molecule has 0 bridgehead atoms. The second-order valence-electron chi connectivity index (χ2n) is 16.4. The zero-order valence-corrected chi connectivity index (χ0v) is 32.0. The standard InChI is InChI=1S/C57H38/c1-57(2)50-23-12-11-18-43(50)44-29-28-40(34-51(44)57)38-24-25-39-33-41(27-26-37(39)32-38)42-30-31-49-54-45(42)21-13-22-48(54)55-52(35-14-5-3-6-15-35)46-19-9-10-20-47(46)53(56(49)55)36-16-7-4-8-17-36/h3-34H,1-2H3. The topological polar surface area (TPSA) is 0 Å². The van der Waals surface area contributed by atoms with Gasteiger partial charge in [-0.3, -0.25) is 0 Å². The van der Waals surface area contributed by atoms with Gasteiger partial charge >= 0.3 is 0 Å². The van der Waals surface area contributed by atoms with Crippen molar-refractivity contribution in [3.63, 3.8) is 0 Å². The van der Waals surface area contributed by atoms with E-state index in [1.807, 2.05) is 0 Å². The highest BCUT2D eigenvalue weighted by molar-refractivity contribution is 6.28. The smallest absolute Gasteiger partial charge is 0.0159 e. The number of rotatable bonds is 4. The Morgan fingerprint density at radius 2 is 0.754 bits per heavy atom. The quantitative estimate of drug-likeness (QED) is 0.170. The average Bonchev–Trinajstić information content (AvgIpc) is 3.71. The maximum atomic E-state index is 2.42. The first-order chi connectivity index (χ1) is 28.0. The number of hydrogen-bond donors (Lipinski definition) is 0. The maximum Gasteiger partial charge on any atom is 0.0159 e. The van der Waals surface area contributed by atoms with E-state index in [1.54, 1.807) is 0 Å². The van der Waals surface area contributed by atoms with E-state index in [0.29, 0.717) is 0 Å². The van der Waals surface area contributed by atoms with Gasteiger partial charge in [0.05, 0.1) is 0 Å². The molecule has 0 spiro atoms. The molecule has 0 atom stereocenters. The highest BCUT2D eigenvalue weighted by atomic mass is 14.4. The second-order valence-corrected chi connectivity index (χ2v) is 16.4. The Labute approximate surface area is 333 Å². The van der Waals surface area contributed by atoms with Gasteiger partial charge < -0.3 is 0 Å². The van der Waals surface area contributed by atoms with Crippen LogP contribution in [0.4, 0.5) is 0 Å². The Bertz CT molecular complexity index is 3200. The lowest BCUT2D eigenvalue weighted by atomic mass is 9.81. The molecule has 0 heterocycles. The van der Waals surface area contributed by atoms with Gasteiger partial charge in [0.15, 0.2) is 0 Å². The van der Waals surface area contributed by atoms with Gasteiger partial charge in [0.1, 0.15) is 0 Å². The van der Waals surface area contributed by atoms with Crippen LogP contribution in [0.15, 0.2) is 194 Å². The number of fused-ring (bicyclic) bond motifs is 8. The van der Waals surface area contributed by atoms with Gasteiger partial charge in [0, 0.05) is 5.41 Å². The molecule has 0 N–H and O–H groups in total. The monoisotopic (exact) mass is 722 g/mol. The molecule has 10 aromatic carbocycles. The number of hydrogen-bond acceptors (Lipinski definition) is 0. The molecule has 0 unspecified atom stereocenters. The van der Waals surface area contributed by atoms with E-state index in [2.05, 4.69) is 208 Å². The first-order valence-corrected chi connectivity index (χ1v) is 20.1. The summed E-state index contributed by atoms with van der Waals surface area (Å²) in [5.41, 5.74) is 21.0. The van der Waals surface area contributed by atoms with Crippen LogP contribution in [-0.4, -0.2) is 0 Å². The van der Waals surface area contributed by atoms with Gasteiger partial charge in [-0.2, -0.15) is 0 Å². The molecule has 0 heteroatoms. The summed E-state index contributed by atoms with van der Waals surface area (Å²) >= 11 is 0. The Balaban J connectivity index is 1.01. The molecule has 0 aromatic heterocycles. The summed E-state index contributed by atoms with van der Waals surface area (Å²) in [6.07, 6.45) is 0. The van der Waals surface area contributed by atoms with Crippen molar-refractivity contribution >= 4 is 32.3 Å². The molecule has 0 radical (unpaired) electrons. The zero-order chi connectivity index (χ0) is 37.8. The molecule has 10 aromatic rings. The van der Waals surface area contributed by atoms with Gasteiger partial charge in [-0.25, -0.2) is 0 Å². The molecular weight excluding hydrogens is 685 g/mol. The summed E-state index contributed by atoms with van der Waals surface area (Å²) in [4.78, 5) is 0. The Morgan fingerprint density at radius 3 is 1.46 bits per heavy atom. The van der Waals surface area contributed by atoms with Crippen molar-refractivity contribution in [3.8, 4) is 77.9 Å². The molecule has 0 saturated carbocycles. The Hall–Kier alpha value is -7.02. The summed E-state index contributed by atoms with van der Waals surface area (Å²) in [5.74, 6) is 0. The van der Waals surface area contributed by atoms with Crippen molar-refractivity contribution in [1.29, 1.82) is 0 Å². The molecule has 2 aliphatic carbocycles. The second kappa shape index (κ2) is 12.0. The lowest BCUT2D eigenvalue weighted by molar-refractivity contribution is 0.660. The molecule has 57 heavy (non-hydrogen) atoms. The van der Waals surface area contributed by atoms with Crippen molar-refractivity contribution < 1.29 is 0 Å².